The summed E-state index contributed by atoms with van der Waals surface area (Å²) in [6.07, 6.45) is 0. The van der Waals surface area contributed by atoms with E-state index < -0.39 is 5.97 Å². The van der Waals surface area contributed by atoms with Crippen LogP contribution in [0.4, 0.5) is 0 Å². The fourth-order valence-electron chi connectivity index (χ4n) is 1.88. The van der Waals surface area contributed by atoms with E-state index in [1.54, 1.807) is 29.6 Å². The van der Waals surface area contributed by atoms with Crippen molar-refractivity contribution >= 4 is 28.3 Å². The Morgan fingerprint density at radius 3 is 2.95 bits per heavy atom. The van der Waals surface area contributed by atoms with E-state index in [1.165, 1.54) is 0 Å². The number of aromatic carboxylic acids is 1. The number of fused-ring (bicyclic) bond motifs is 1. The Hall–Kier alpha value is -2.67. The van der Waals surface area contributed by atoms with Crippen LogP contribution in [-0.2, 0) is 6.61 Å². The van der Waals surface area contributed by atoms with Gasteiger partial charge in [0.2, 0.25) is 0 Å². The van der Waals surface area contributed by atoms with E-state index >= 15 is 0 Å². The number of benzene rings is 1. The number of thiophene rings is 1. The molecule has 0 radical (unpaired) electrons. The van der Waals surface area contributed by atoms with Crippen molar-refractivity contribution in [2.75, 3.05) is 0 Å². The molecule has 106 valence electrons. The van der Waals surface area contributed by atoms with E-state index in [0.29, 0.717) is 11.0 Å². The highest BCUT2D eigenvalue weighted by molar-refractivity contribution is 7.12. The number of carboxylic acid groups (broad SMARTS) is 1. The van der Waals surface area contributed by atoms with Crippen LogP contribution in [0.25, 0.3) is 11.0 Å². The van der Waals surface area contributed by atoms with Crippen molar-refractivity contribution in [2.45, 2.75) is 6.61 Å². The lowest BCUT2D eigenvalue weighted by Gasteiger charge is -2.05. The van der Waals surface area contributed by atoms with Crippen molar-refractivity contribution in [3.8, 4) is 5.75 Å². The molecule has 2 heterocycles. The van der Waals surface area contributed by atoms with E-state index in [-0.39, 0.29) is 28.5 Å². The summed E-state index contributed by atoms with van der Waals surface area (Å²) in [7, 11) is 0. The standard InChI is InChI=1S/C14H10N2O4S/c17-13-10(15-8-3-1-2-4-9(8)16-13)7-20-11-5-6-21-12(11)14(18)19/h1-6H,7H2,(H,16,17)(H,18,19). The van der Waals surface area contributed by atoms with Crippen LogP contribution in [0.5, 0.6) is 5.75 Å². The third kappa shape index (κ3) is 2.63. The van der Waals surface area contributed by atoms with Gasteiger partial charge in [-0.3, -0.25) is 4.79 Å². The summed E-state index contributed by atoms with van der Waals surface area (Å²) in [5.74, 6) is -0.817. The molecule has 1 aromatic carbocycles. The lowest BCUT2D eigenvalue weighted by Crippen LogP contribution is -2.17. The van der Waals surface area contributed by atoms with Gasteiger partial charge in [0, 0.05) is 0 Å². The van der Waals surface area contributed by atoms with Gasteiger partial charge in [-0.05, 0) is 23.6 Å². The first-order valence-corrected chi connectivity index (χ1v) is 6.94. The molecule has 3 aromatic rings. The van der Waals surface area contributed by atoms with Gasteiger partial charge >= 0.3 is 5.97 Å². The topological polar surface area (TPSA) is 92.3 Å². The van der Waals surface area contributed by atoms with Crippen molar-refractivity contribution in [2.24, 2.45) is 0 Å². The van der Waals surface area contributed by atoms with Crippen molar-refractivity contribution in [3.05, 3.63) is 56.6 Å². The van der Waals surface area contributed by atoms with Crippen molar-refractivity contribution in [3.63, 3.8) is 0 Å². The average molecular weight is 302 g/mol. The third-order valence-electron chi connectivity index (χ3n) is 2.86. The summed E-state index contributed by atoms with van der Waals surface area (Å²) in [5.41, 5.74) is 1.16. The maximum absolute atomic E-state index is 11.9. The minimum Gasteiger partial charge on any atom is -0.485 e. The summed E-state index contributed by atoms with van der Waals surface area (Å²) in [6.45, 7) is -0.0861. The zero-order chi connectivity index (χ0) is 14.8. The normalized spacial score (nSPS) is 10.7. The molecular formula is C14H10N2O4S. The number of hydrogen-bond donors (Lipinski definition) is 2. The molecule has 3 rings (SSSR count). The number of ether oxygens (including phenoxy) is 1. The Labute approximate surface area is 122 Å². The van der Waals surface area contributed by atoms with Crippen LogP contribution in [0, 0.1) is 0 Å². The zero-order valence-corrected chi connectivity index (χ0v) is 11.5. The number of nitrogens with zero attached hydrogens (tertiary/aromatic N) is 1. The molecule has 0 bridgehead atoms. The van der Waals surface area contributed by atoms with Gasteiger partial charge in [0.25, 0.3) is 5.56 Å². The molecule has 6 nitrogen and oxygen atoms in total. The minimum absolute atomic E-state index is 0.0861. The molecule has 7 heteroatoms. The number of hydrogen-bond acceptors (Lipinski definition) is 5. The molecule has 0 unspecified atom stereocenters. The van der Waals surface area contributed by atoms with Gasteiger partial charge in [0.1, 0.15) is 18.1 Å². The largest absolute Gasteiger partial charge is 0.485 e. The monoisotopic (exact) mass is 302 g/mol. The summed E-state index contributed by atoms with van der Waals surface area (Å²) in [5, 5.41) is 10.6. The highest BCUT2D eigenvalue weighted by atomic mass is 32.1. The second kappa shape index (κ2) is 5.37. The van der Waals surface area contributed by atoms with Gasteiger partial charge < -0.3 is 14.8 Å². The van der Waals surface area contributed by atoms with Crippen LogP contribution in [0.2, 0.25) is 0 Å². The van der Waals surface area contributed by atoms with E-state index in [4.69, 9.17) is 9.84 Å². The second-order valence-corrected chi connectivity index (χ2v) is 5.15. The molecule has 2 N–H and O–H groups in total. The molecule has 0 spiro atoms. The first-order chi connectivity index (χ1) is 10.1. The Kier molecular flexibility index (Phi) is 3.41. The minimum atomic E-state index is -1.06. The van der Waals surface area contributed by atoms with E-state index in [1.807, 2.05) is 6.07 Å². The molecule has 21 heavy (non-hydrogen) atoms. The molecular weight excluding hydrogens is 292 g/mol. The third-order valence-corrected chi connectivity index (χ3v) is 3.74. The van der Waals surface area contributed by atoms with Gasteiger partial charge in [-0.25, -0.2) is 9.78 Å². The summed E-state index contributed by atoms with van der Waals surface area (Å²) < 4.78 is 5.40. The van der Waals surface area contributed by atoms with Gasteiger partial charge in [-0.1, -0.05) is 12.1 Å². The molecule has 0 fully saturated rings. The van der Waals surface area contributed by atoms with Crippen LogP contribution in [0.1, 0.15) is 15.4 Å². The number of aromatic amines is 1. The predicted octanol–water partition coefficient (Wildman–Crippen LogP) is 2.26. The molecule has 2 aromatic heterocycles. The van der Waals surface area contributed by atoms with Crippen molar-refractivity contribution in [1.29, 1.82) is 0 Å². The van der Waals surface area contributed by atoms with E-state index in [2.05, 4.69) is 9.97 Å². The maximum atomic E-state index is 11.9. The number of carbonyl (C=O) groups is 1. The Bertz CT molecular complexity index is 869. The number of para-hydroxylation sites is 2. The summed E-state index contributed by atoms with van der Waals surface area (Å²) in [6, 6.07) is 8.72. The quantitative estimate of drug-likeness (QED) is 0.771. The predicted molar refractivity (Wildman–Crippen MR) is 78.0 cm³/mol. The van der Waals surface area contributed by atoms with Crippen LogP contribution in [-0.4, -0.2) is 21.0 Å². The smallest absolute Gasteiger partial charge is 0.349 e. The van der Waals surface area contributed by atoms with Crippen LogP contribution in [0.3, 0.4) is 0 Å². The second-order valence-electron chi connectivity index (χ2n) is 4.24. The van der Waals surface area contributed by atoms with Crippen LogP contribution >= 0.6 is 11.3 Å². The molecule has 0 saturated heterocycles. The number of H-pyrrole nitrogens is 1. The highest BCUT2D eigenvalue weighted by Gasteiger charge is 2.14. The van der Waals surface area contributed by atoms with Crippen LogP contribution in [0.15, 0.2) is 40.5 Å². The van der Waals surface area contributed by atoms with Crippen LogP contribution < -0.4 is 10.3 Å². The molecule has 0 aliphatic carbocycles. The molecule has 0 aliphatic heterocycles. The van der Waals surface area contributed by atoms with E-state index in [9.17, 15) is 9.59 Å². The number of aromatic nitrogens is 2. The Morgan fingerprint density at radius 2 is 2.14 bits per heavy atom. The van der Waals surface area contributed by atoms with Crippen molar-refractivity contribution in [1.82, 2.24) is 9.97 Å². The summed E-state index contributed by atoms with van der Waals surface area (Å²) in [4.78, 5) is 29.9. The molecule has 0 amide bonds. The number of rotatable bonds is 4. The SMILES string of the molecule is O=C(O)c1sccc1OCc1nc2ccccc2[nH]c1=O. The number of nitrogens with one attached hydrogen (secondary N) is 1. The molecule has 0 atom stereocenters. The zero-order valence-electron chi connectivity index (χ0n) is 10.7. The Balaban J connectivity index is 1.88. The number of carboxylic acids is 1. The maximum Gasteiger partial charge on any atom is 0.349 e. The molecule has 0 aliphatic rings. The summed E-state index contributed by atoms with van der Waals surface area (Å²) >= 11 is 1.07. The average Bonchev–Trinajstić information content (AvgIpc) is 2.93. The first kappa shape index (κ1) is 13.3. The van der Waals surface area contributed by atoms with Crippen molar-refractivity contribution < 1.29 is 14.6 Å². The first-order valence-electron chi connectivity index (χ1n) is 6.06. The lowest BCUT2D eigenvalue weighted by molar-refractivity contribution is 0.0697. The molecule has 0 saturated carbocycles. The fraction of sp³-hybridized carbons (Fsp3) is 0.0714. The van der Waals surface area contributed by atoms with Gasteiger partial charge in [0.05, 0.1) is 11.0 Å². The fourth-order valence-corrected chi connectivity index (χ4v) is 2.55. The van der Waals surface area contributed by atoms with E-state index in [0.717, 1.165) is 11.3 Å². The lowest BCUT2D eigenvalue weighted by atomic mass is 10.3. The van der Waals surface area contributed by atoms with Gasteiger partial charge in [0.15, 0.2) is 4.88 Å². The highest BCUT2D eigenvalue weighted by Crippen LogP contribution is 2.25. The van der Waals surface area contributed by atoms with Gasteiger partial charge in [-0.15, -0.1) is 11.3 Å². The Morgan fingerprint density at radius 1 is 1.33 bits per heavy atom. The van der Waals surface area contributed by atoms with Gasteiger partial charge in [-0.2, -0.15) is 0 Å².